The van der Waals surface area contributed by atoms with E-state index in [0.29, 0.717) is 13.1 Å². The molecule has 0 spiro atoms. The highest BCUT2D eigenvalue weighted by Crippen LogP contribution is 2.26. The molecular weight excluding hydrogens is 374 g/mol. The van der Waals surface area contributed by atoms with Gasteiger partial charge >= 0.3 is 0 Å². The third kappa shape index (κ3) is 4.05. The Morgan fingerprint density at radius 1 is 1.04 bits per heavy atom. The van der Waals surface area contributed by atoms with Crippen molar-refractivity contribution in [1.29, 1.82) is 0 Å². The summed E-state index contributed by atoms with van der Waals surface area (Å²) in [5, 5.41) is 4.14. The standard InChI is InChI=1S/C19H17BrClNO/c1-13-10-14(6-8-17(13)20)19-9-7-16(23-19)12-22-11-15-4-2-3-5-18(15)21/h2-10,22H,11-12H2,1H3. The third-order valence-electron chi connectivity index (χ3n) is 3.68. The fourth-order valence-corrected chi connectivity index (χ4v) is 2.84. The second-order valence-electron chi connectivity index (χ2n) is 5.42. The molecule has 23 heavy (non-hydrogen) atoms. The molecule has 1 aromatic heterocycles. The Morgan fingerprint density at radius 2 is 1.87 bits per heavy atom. The summed E-state index contributed by atoms with van der Waals surface area (Å²) >= 11 is 9.67. The summed E-state index contributed by atoms with van der Waals surface area (Å²) in [6.45, 7) is 3.45. The Balaban J connectivity index is 1.63. The van der Waals surface area contributed by atoms with Crippen LogP contribution in [0.15, 0.2) is 63.5 Å². The van der Waals surface area contributed by atoms with Crippen molar-refractivity contribution in [3.8, 4) is 11.3 Å². The van der Waals surface area contributed by atoms with Gasteiger partial charge in [-0.3, -0.25) is 0 Å². The molecule has 0 radical (unpaired) electrons. The Labute approximate surface area is 149 Å². The maximum Gasteiger partial charge on any atom is 0.134 e. The van der Waals surface area contributed by atoms with Gasteiger partial charge in [0.05, 0.1) is 6.54 Å². The van der Waals surface area contributed by atoms with E-state index in [0.717, 1.165) is 32.1 Å². The van der Waals surface area contributed by atoms with Gasteiger partial charge in [0, 0.05) is 21.6 Å². The number of hydrogen-bond donors (Lipinski definition) is 1. The fourth-order valence-electron chi connectivity index (χ4n) is 2.39. The lowest BCUT2D eigenvalue weighted by atomic mass is 10.1. The predicted octanol–water partition coefficient (Wildman–Crippen LogP) is 5.96. The van der Waals surface area contributed by atoms with Gasteiger partial charge in [-0.2, -0.15) is 0 Å². The van der Waals surface area contributed by atoms with Gasteiger partial charge < -0.3 is 9.73 Å². The number of hydrogen-bond acceptors (Lipinski definition) is 2. The average Bonchev–Trinajstić information content (AvgIpc) is 3.01. The average molecular weight is 391 g/mol. The van der Waals surface area contributed by atoms with Gasteiger partial charge in [-0.1, -0.05) is 51.8 Å². The van der Waals surface area contributed by atoms with Crippen molar-refractivity contribution in [3.63, 3.8) is 0 Å². The summed E-state index contributed by atoms with van der Waals surface area (Å²) in [6, 6.07) is 18.1. The van der Waals surface area contributed by atoms with Crippen LogP contribution in [0.4, 0.5) is 0 Å². The minimum Gasteiger partial charge on any atom is -0.460 e. The first-order valence-corrected chi connectivity index (χ1v) is 8.60. The number of rotatable bonds is 5. The summed E-state index contributed by atoms with van der Waals surface area (Å²) in [7, 11) is 0. The highest BCUT2D eigenvalue weighted by Gasteiger charge is 2.06. The number of benzene rings is 2. The van der Waals surface area contributed by atoms with Crippen molar-refractivity contribution < 1.29 is 4.42 Å². The Morgan fingerprint density at radius 3 is 2.65 bits per heavy atom. The monoisotopic (exact) mass is 389 g/mol. The summed E-state index contributed by atoms with van der Waals surface area (Å²) in [6.07, 6.45) is 0. The summed E-state index contributed by atoms with van der Waals surface area (Å²) in [5.74, 6) is 1.79. The molecule has 118 valence electrons. The van der Waals surface area contributed by atoms with Crippen LogP contribution in [0, 0.1) is 6.92 Å². The lowest BCUT2D eigenvalue weighted by Gasteiger charge is -2.05. The molecule has 2 nitrogen and oxygen atoms in total. The van der Waals surface area contributed by atoms with E-state index < -0.39 is 0 Å². The van der Waals surface area contributed by atoms with Gasteiger partial charge in [0.15, 0.2) is 0 Å². The number of furan rings is 1. The molecule has 0 aliphatic heterocycles. The van der Waals surface area contributed by atoms with Crippen LogP contribution in [0.3, 0.4) is 0 Å². The van der Waals surface area contributed by atoms with Crippen molar-refractivity contribution in [2.45, 2.75) is 20.0 Å². The zero-order valence-electron chi connectivity index (χ0n) is 12.8. The number of nitrogens with one attached hydrogen (secondary N) is 1. The van der Waals surface area contributed by atoms with E-state index in [1.165, 1.54) is 5.56 Å². The summed E-state index contributed by atoms with van der Waals surface area (Å²) in [4.78, 5) is 0. The third-order valence-corrected chi connectivity index (χ3v) is 4.94. The SMILES string of the molecule is Cc1cc(-c2ccc(CNCc3ccccc3Cl)o2)ccc1Br. The highest BCUT2D eigenvalue weighted by atomic mass is 79.9. The second-order valence-corrected chi connectivity index (χ2v) is 6.69. The van der Waals surface area contributed by atoms with E-state index in [2.05, 4.69) is 40.3 Å². The largest absolute Gasteiger partial charge is 0.460 e. The van der Waals surface area contributed by atoms with Crippen LogP contribution >= 0.6 is 27.5 Å². The molecule has 0 atom stereocenters. The second kappa shape index (κ2) is 7.35. The van der Waals surface area contributed by atoms with E-state index in [1.807, 2.05) is 42.5 Å². The van der Waals surface area contributed by atoms with Gasteiger partial charge in [0.1, 0.15) is 11.5 Å². The normalized spacial score (nSPS) is 10.9. The van der Waals surface area contributed by atoms with Crippen molar-refractivity contribution in [2.75, 3.05) is 0 Å². The Kier molecular flexibility index (Phi) is 5.21. The maximum atomic E-state index is 6.15. The van der Waals surface area contributed by atoms with Crippen LogP contribution in [0.1, 0.15) is 16.9 Å². The van der Waals surface area contributed by atoms with E-state index in [4.69, 9.17) is 16.0 Å². The van der Waals surface area contributed by atoms with Crippen molar-refractivity contribution in [2.24, 2.45) is 0 Å². The van der Waals surface area contributed by atoms with Crippen molar-refractivity contribution in [1.82, 2.24) is 5.32 Å². The van der Waals surface area contributed by atoms with Gasteiger partial charge in [-0.15, -0.1) is 0 Å². The first-order chi connectivity index (χ1) is 11.1. The van der Waals surface area contributed by atoms with E-state index in [1.54, 1.807) is 0 Å². The van der Waals surface area contributed by atoms with E-state index in [-0.39, 0.29) is 0 Å². The molecule has 0 saturated heterocycles. The van der Waals surface area contributed by atoms with Crippen LogP contribution in [-0.2, 0) is 13.1 Å². The molecular formula is C19H17BrClNO. The van der Waals surface area contributed by atoms with Crippen LogP contribution in [0.5, 0.6) is 0 Å². The topological polar surface area (TPSA) is 25.2 Å². The summed E-state index contributed by atoms with van der Waals surface area (Å²) in [5.41, 5.74) is 3.37. The molecule has 1 heterocycles. The minimum atomic E-state index is 0.667. The van der Waals surface area contributed by atoms with Crippen LogP contribution in [0.25, 0.3) is 11.3 Å². The molecule has 0 fully saturated rings. The van der Waals surface area contributed by atoms with Crippen molar-refractivity contribution in [3.05, 3.63) is 81.0 Å². The molecule has 0 aliphatic carbocycles. The molecule has 0 saturated carbocycles. The van der Waals surface area contributed by atoms with Gasteiger partial charge in [-0.05, 0) is 48.4 Å². The van der Waals surface area contributed by atoms with E-state index in [9.17, 15) is 0 Å². The molecule has 0 amide bonds. The summed E-state index contributed by atoms with van der Waals surface area (Å²) < 4.78 is 7.03. The van der Waals surface area contributed by atoms with Gasteiger partial charge in [-0.25, -0.2) is 0 Å². The van der Waals surface area contributed by atoms with Crippen LogP contribution < -0.4 is 5.32 Å². The van der Waals surface area contributed by atoms with Crippen LogP contribution in [-0.4, -0.2) is 0 Å². The highest BCUT2D eigenvalue weighted by molar-refractivity contribution is 9.10. The number of aryl methyl sites for hydroxylation is 1. The fraction of sp³-hybridized carbons (Fsp3) is 0.158. The Hall–Kier alpha value is -1.55. The lowest BCUT2D eigenvalue weighted by Crippen LogP contribution is -2.12. The molecule has 0 aliphatic rings. The van der Waals surface area contributed by atoms with Gasteiger partial charge in [0.2, 0.25) is 0 Å². The number of halogens is 2. The molecule has 4 heteroatoms. The van der Waals surface area contributed by atoms with Gasteiger partial charge in [0.25, 0.3) is 0 Å². The molecule has 3 aromatic rings. The minimum absolute atomic E-state index is 0.667. The smallest absolute Gasteiger partial charge is 0.134 e. The van der Waals surface area contributed by atoms with E-state index >= 15 is 0 Å². The molecule has 0 unspecified atom stereocenters. The Bertz CT molecular complexity index is 813. The zero-order chi connectivity index (χ0) is 16.2. The first-order valence-electron chi connectivity index (χ1n) is 7.43. The first kappa shape index (κ1) is 16.3. The maximum absolute atomic E-state index is 6.15. The molecule has 2 aromatic carbocycles. The zero-order valence-corrected chi connectivity index (χ0v) is 15.1. The molecule has 3 rings (SSSR count). The lowest BCUT2D eigenvalue weighted by molar-refractivity contribution is 0.493. The van der Waals surface area contributed by atoms with Crippen LogP contribution in [0.2, 0.25) is 5.02 Å². The molecule has 1 N–H and O–H groups in total. The van der Waals surface area contributed by atoms with Crippen molar-refractivity contribution >= 4 is 27.5 Å². The molecule has 0 bridgehead atoms. The quantitative estimate of drug-likeness (QED) is 0.581. The predicted molar refractivity (Wildman–Crippen MR) is 98.6 cm³/mol.